The molecule has 0 amide bonds. The van der Waals surface area contributed by atoms with Crippen LogP contribution in [0.25, 0.3) is 0 Å². The lowest BCUT2D eigenvalue weighted by molar-refractivity contribution is 0.0548. The van der Waals surface area contributed by atoms with Crippen LogP contribution in [-0.4, -0.2) is 27.5 Å². The van der Waals surface area contributed by atoms with Crippen LogP contribution >= 0.6 is 0 Å². The number of hydrogen-bond acceptors (Lipinski definition) is 4. The van der Waals surface area contributed by atoms with Crippen molar-refractivity contribution in [2.75, 3.05) is 13.2 Å². The van der Waals surface area contributed by atoms with E-state index < -0.39 is 16.0 Å². The van der Waals surface area contributed by atoms with Gasteiger partial charge in [-0.2, -0.15) is 0 Å². The molecule has 0 aliphatic rings. The van der Waals surface area contributed by atoms with Crippen LogP contribution in [0.3, 0.4) is 0 Å². The Morgan fingerprint density at radius 1 is 1.40 bits per heavy atom. The van der Waals surface area contributed by atoms with E-state index in [-0.39, 0.29) is 23.6 Å². The molecule has 0 fully saturated rings. The van der Waals surface area contributed by atoms with E-state index in [1.807, 2.05) is 6.92 Å². The summed E-state index contributed by atoms with van der Waals surface area (Å²) in [5, 5.41) is 0. The number of sulfonamides is 1. The number of aryl methyl sites for hydroxylation is 1. The third kappa shape index (κ3) is 4.18. The molecule has 1 aromatic rings. The number of allylic oxidation sites excluding steroid dienone is 1. The molecule has 20 heavy (non-hydrogen) atoms. The van der Waals surface area contributed by atoms with Crippen molar-refractivity contribution in [1.29, 1.82) is 0 Å². The van der Waals surface area contributed by atoms with Gasteiger partial charge in [-0.05, 0) is 31.5 Å². The third-order valence-electron chi connectivity index (χ3n) is 2.62. The van der Waals surface area contributed by atoms with Gasteiger partial charge < -0.3 is 4.74 Å². The zero-order valence-corrected chi connectivity index (χ0v) is 12.7. The highest BCUT2D eigenvalue weighted by Crippen LogP contribution is 2.16. The fourth-order valence-electron chi connectivity index (χ4n) is 1.56. The summed E-state index contributed by atoms with van der Waals surface area (Å²) < 4.78 is 31.2. The van der Waals surface area contributed by atoms with Gasteiger partial charge in [-0.25, -0.2) is 17.9 Å². The number of hydrogen-bond donors (Lipinski definition) is 1. The quantitative estimate of drug-likeness (QED) is 0.644. The van der Waals surface area contributed by atoms with Crippen LogP contribution in [0.5, 0.6) is 0 Å². The first-order valence-electron chi connectivity index (χ1n) is 6.31. The van der Waals surface area contributed by atoms with Crippen molar-refractivity contribution < 1.29 is 17.9 Å². The second-order valence-electron chi connectivity index (χ2n) is 4.15. The van der Waals surface area contributed by atoms with Gasteiger partial charge in [0, 0.05) is 6.54 Å². The molecule has 0 saturated carbocycles. The fraction of sp³-hybridized carbons (Fsp3) is 0.357. The average Bonchev–Trinajstić information content (AvgIpc) is 2.39. The summed E-state index contributed by atoms with van der Waals surface area (Å²) in [5.41, 5.74) is 0.930. The molecule has 0 aromatic heterocycles. The summed E-state index contributed by atoms with van der Waals surface area (Å²) in [7, 11) is -3.58. The molecule has 0 bridgehead atoms. The first-order chi connectivity index (χ1) is 9.42. The minimum absolute atomic E-state index is 0.0583. The first-order valence-corrected chi connectivity index (χ1v) is 7.79. The summed E-state index contributed by atoms with van der Waals surface area (Å²) in [6.45, 7) is 5.70. The third-order valence-corrected chi connectivity index (χ3v) is 4.16. The van der Waals surface area contributed by atoms with Crippen LogP contribution in [-0.2, 0) is 14.8 Å². The minimum atomic E-state index is -3.58. The summed E-state index contributed by atoms with van der Waals surface area (Å²) in [6.07, 6.45) is 3.47. The van der Waals surface area contributed by atoms with Crippen molar-refractivity contribution in [3.8, 4) is 0 Å². The lowest BCUT2D eigenvalue weighted by Gasteiger charge is -2.09. The van der Waals surface area contributed by atoms with Gasteiger partial charge in [0.15, 0.2) is 0 Å². The maximum Gasteiger partial charge on any atom is 0.338 e. The van der Waals surface area contributed by atoms with Gasteiger partial charge in [-0.15, -0.1) is 0 Å². The number of benzene rings is 1. The average molecular weight is 297 g/mol. The molecule has 0 aliphatic carbocycles. The Morgan fingerprint density at radius 2 is 2.10 bits per heavy atom. The van der Waals surface area contributed by atoms with Crippen LogP contribution in [0.4, 0.5) is 0 Å². The topological polar surface area (TPSA) is 72.5 Å². The molecule has 1 rings (SSSR count). The smallest absolute Gasteiger partial charge is 0.338 e. The van der Waals surface area contributed by atoms with E-state index in [4.69, 9.17) is 4.74 Å². The molecule has 110 valence electrons. The maximum atomic E-state index is 11.9. The molecule has 0 unspecified atom stereocenters. The molecule has 1 aromatic carbocycles. The Hall–Kier alpha value is -1.66. The first kappa shape index (κ1) is 16.4. The molecule has 0 saturated heterocycles. The Labute approximate surface area is 119 Å². The highest BCUT2D eigenvalue weighted by atomic mass is 32.2. The number of rotatable bonds is 6. The molecule has 6 heteroatoms. The van der Waals surface area contributed by atoms with E-state index in [1.165, 1.54) is 12.1 Å². The Kier molecular flexibility index (Phi) is 5.91. The van der Waals surface area contributed by atoms with E-state index >= 15 is 0 Å². The standard InChI is InChI=1S/C14H19NO4S/c1-4-6-9-19-14(16)13-10-12(8-7-11(13)3)20(17,18)15-5-2/h4,6-8,10,15H,5,9H2,1-3H3. The largest absolute Gasteiger partial charge is 0.458 e. The van der Waals surface area contributed by atoms with E-state index in [9.17, 15) is 13.2 Å². The van der Waals surface area contributed by atoms with E-state index in [0.29, 0.717) is 5.56 Å². The molecule has 1 N–H and O–H groups in total. The van der Waals surface area contributed by atoms with Crippen molar-refractivity contribution in [1.82, 2.24) is 4.72 Å². The molecular formula is C14H19NO4S. The van der Waals surface area contributed by atoms with Crippen LogP contribution in [0.1, 0.15) is 29.8 Å². The second-order valence-corrected chi connectivity index (χ2v) is 5.91. The summed E-state index contributed by atoms with van der Waals surface area (Å²) in [4.78, 5) is 12.0. The van der Waals surface area contributed by atoms with E-state index in [2.05, 4.69) is 4.72 Å². The van der Waals surface area contributed by atoms with Crippen molar-refractivity contribution in [3.05, 3.63) is 41.5 Å². The molecule has 5 nitrogen and oxygen atoms in total. The number of ether oxygens (including phenoxy) is 1. The van der Waals surface area contributed by atoms with Gasteiger partial charge in [0.2, 0.25) is 10.0 Å². The molecule has 0 radical (unpaired) electrons. The molecule has 0 heterocycles. The summed E-state index contributed by atoms with van der Waals surface area (Å²) in [5.74, 6) is -0.533. The highest BCUT2D eigenvalue weighted by Gasteiger charge is 2.17. The number of nitrogens with one attached hydrogen (secondary N) is 1. The van der Waals surface area contributed by atoms with Gasteiger partial charge in [-0.3, -0.25) is 0 Å². The highest BCUT2D eigenvalue weighted by molar-refractivity contribution is 7.89. The van der Waals surface area contributed by atoms with Crippen LogP contribution in [0, 0.1) is 6.92 Å². The maximum absolute atomic E-state index is 11.9. The molecular weight excluding hydrogens is 278 g/mol. The monoisotopic (exact) mass is 297 g/mol. The zero-order valence-electron chi connectivity index (χ0n) is 11.8. The lowest BCUT2D eigenvalue weighted by atomic mass is 10.1. The Morgan fingerprint density at radius 3 is 2.70 bits per heavy atom. The van der Waals surface area contributed by atoms with Crippen molar-refractivity contribution in [3.63, 3.8) is 0 Å². The Balaban J connectivity index is 3.06. The molecule has 0 aliphatic heterocycles. The van der Waals surface area contributed by atoms with E-state index in [0.717, 1.165) is 0 Å². The van der Waals surface area contributed by atoms with Crippen LogP contribution in [0.2, 0.25) is 0 Å². The van der Waals surface area contributed by atoms with E-state index in [1.54, 1.807) is 32.1 Å². The van der Waals surface area contributed by atoms with Gasteiger partial charge >= 0.3 is 5.97 Å². The SMILES string of the molecule is CC=CCOC(=O)c1cc(S(=O)(=O)NCC)ccc1C. The van der Waals surface area contributed by atoms with Crippen molar-refractivity contribution in [2.24, 2.45) is 0 Å². The zero-order chi connectivity index (χ0) is 15.2. The summed E-state index contributed by atoms with van der Waals surface area (Å²) >= 11 is 0. The fourth-order valence-corrected chi connectivity index (χ4v) is 2.63. The lowest BCUT2D eigenvalue weighted by Crippen LogP contribution is -2.23. The number of carbonyl (C=O) groups excluding carboxylic acids is 1. The predicted octanol–water partition coefficient (Wildman–Crippen LogP) is 2.03. The molecule has 0 atom stereocenters. The number of carbonyl (C=O) groups is 1. The normalized spacial score (nSPS) is 11.8. The minimum Gasteiger partial charge on any atom is -0.458 e. The van der Waals surface area contributed by atoms with Crippen LogP contribution in [0.15, 0.2) is 35.2 Å². The van der Waals surface area contributed by atoms with Gasteiger partial charge in [0.1, 0.15) is 6.61 Å². The van der Waals surface area contributed by atoms with Crippen molar-refractivity contribution >= 4 is 16.0 Å². The predicted molar refractivity (Wildman–Crippen MR) is 77.1 cm³/mol. The van der Waals surface area contributed by atoms with Gasteiger partial charge in [0.05, 0.1) is 10.5 Å². The van der Waals surface area contributed by atoms with Crippen LogP contribution < -0.4 is 4.72 Å². The second kappa shape index (κ2) is 7.21. The van der Waals surface area contributed by atoms with Gasteiger partial charge in [-0.1, -0.05) is 25.1 Å². The molecule has 0 spiro atoms. The summed E-state index contributed by atoms with van der Waals surface area (Å²) in [6, 6.07) is 4.40. The van der Waals surface area contributed by atoms with Crippen molar-refractivity contribution in [2.45, 2.75) is 25.7 Å². The number of esters is 1. The Bertz CT molecular complexity index is 606. The van der Waals surface area contributed by atoms with Gasteiger partial charge in [0.25, 0.3) is 0 Å².